The number of nitrogens with one attached hydrogen (secondary N) is 2. The minimum atomic E-state index is -0.441. The molecule has 0 unspecified atom stereocenters. The smallest absolute Gasteiger partial charge is 0.223 e. The number of carbonyl (C=O) groups excluding carboxylic acids is 1. The zero-order valence-electron chi connectivity index (χ0n) is 16.6. The zero-order chi connectivity index (χ0) is 21.1. The van der Waals surface area contributed by atoms with Crippen molar-refractivity contribution in [2.75, 3.05) is 12.4 Å². The quantitative estimate of drug-likeness (QED) is 0.432. The van der Waals surface area contributed by atoms with Gasteiger partial charge in [-0.3, -0.25) is 9.78 Å². The van der Waals surface area contributed by atoms with E-state index in [0.29, 0.717) is 23.1 Å². The molecule has 30 heavy (non-hydrogen) atoms. The molecule has 2 aromatic heterocycles. The van der Waals surface area contributed by atoms with Gasteiger partial charge < -0.3 is 25.5 Å². The fraction of sp³-hybridized carbons (Fsp3) is 0.136. The minimum Gasteiger partial charge on any atom is -0.495 e. The average Bonchev–Trinajstić information content (AvgIpc) is 3.09. The summed E-state index contributed by atoms with van der Waals surface area (Å²) in [7, 11) is 1.63. The van der Waals surface area contributed by atoms with Crippen LogP contribution in [0.15, 0.2) is 54.7 Å². The van der Waals surface area contributed by atoms with Gasteiger partial charge in [0.1, 0.15) is 17.2 Å². The van der Waals surface area contributed by atoms with Gasteiger partial charge in [0.2, 0.25) is 11.9 Å². The van der Waals surface area contributed by atoms with Crippen molar-refractivity contribution >= 4 is 28.6 Å². The van der Waals surface area contributed by atoms with E-state index in [1.54, 1.807) is 25.4 Å². The maximum Gasteiger partial charge on any atom is 0.223 e. The standard InChI is InChI=1S/C22H21N5O3/c1-13-3-6-20(29-2)19(9-13)27-22-25-17-5-4-15(12-18(17)26-22)30-16-7-8-24-14(10-16)11-21(23)28/h3-10,12H,11H2,1-2H3,(H2,23,28)(H2,25,26,27). The maximum atomic E-state index is 11.1. The van der Waals surface area contributed by atoms with Crippen LogP contribution in [0, 0.1) is 6.92 Å². The summed E-state index contributed by atoms with van der Waals surface area (Å²) < 4.78 is 11.3. The van der Waals surface area contributed by atoms with Crippen molar-refractivity contribution in [2.24, 2.45) is 5.73 Å². The van der Waals surface area contributed by atoms with Gasteiger partial charge in [0, 0.05) is 18.3 Å². The summed E-state index contributed by atoms with van der Waals surface area (Å²) in [4.78, 5) is 23.0. The highest BCUT2D eigenvalue weighted by molar-refractivity contribution is 5.80. The third-order valence-corrected chi connectivity index (χ3v) is 4.44. The Morgan fingerprint density at radius 3 is 2.77 bits per heavy atom. The summed E-state index contributed by atoms with van der Waals surface area (Å²) >= 11 is 0. The molecular formula is C22H21N5O3. The van der Waals surface area contributed by atoms with Crippen molar-refractivity contribution in [3.05, 3.63) is 66.0 Å². The van der Waals surface area contributed by atoms with E-state index < -0.39 is 5.91 Å². The highest BCUT2D eigenvalue weighted by atomic mass is 16.5. The van der Waals surface area contributed by atoms with Crippen LogP contribution in [0.3, 0.4) is 0 Å². The van der Waals surface area contributed by atoms with Crippen molar-refractivity contribution in [3.8, 4) is 17.2 Å². The second-order valence-corrected chi connectivity index (χ2v) is 6.82. The van der Waals surface area contributed by atoms with Crippen LogP contribution in [0.1, 0.15) is 11.3 Å². The number of imidazole rings is 1. The highest BCUT2D eigenvalue weighted by Crippen LogP contribution is 2.30. The number of primary amides is 1. The first-order chi connectivity index (χ1) is 14.5. The number of aromatic amines is 1. The van der Waals surface area contributed by atoms with E-state index in [-0.39, 0.29) is 6.42 Å². The van der Waals surface area contributed by atoms with Crippen molar-refractivity contribution in [2.45, 2.75) is 13.3 Å². The van der Waals surface area contributed by atoms with Crippen molar-refractivity contribution in [1.82, 2.24) is 15.0 Å². The maximum absolute atomic E-state index is 11.1. The number of aryl methyl sites for hydroxylation is 1. The van der Waals surface area contributed by atoms with Crippen molar-refractivity contribution in [3.63, 3.8) is 0 Å². The number of pyridine rings is 1. The average molecular weight is 403 g/mol. The summed E-state index contributed by atoms with van der Waals surface area (Å²) in [5.41, 5.74) is 9.33. The van der Waals surface area contributed by atoms with Gasteiger partial charge in [-0.2, -0.15) is 0 Å². The Morgan fingerprint density at radius 1 is 1.13 bits per heavy atom. The number of hydrogen-bond donors (Lipinski definition) is 3. The summed E-state index contributed by atoms with van der Waals surface area (Å²) in [6.45, 7) is 2.01. The molecule has 2 aromatic carbocycles. The van der Waals surface area contributed by atoms with E-state index in [0.717, 1.165) is 28.0 Å². The number of nitrogens with two attached hydrogens (primary N) is 1. The van der Waals surface area contributed by atoms with Crippen molar-refractivity contribution < 1.29 is 14.3 Å². The summed E-state index contributed by atoms with van der Waals surface area (Å²) in [5, 5.41) is 3.26. The molecule has 0 spiro atoms. The van der Waals surface area contributed by atoms with Crippen LogP contribution in [0.5, 0.6) is 17.2 Å². The normalized spacial score (nSPS) is 10.7. The highest BCUT2D eigenvalue weighted by Gasteiger charge is 2.09. The van der Waals surface area contributed by atoms with Gasteiger partial charge in [-0.25, -0.2) is 4.98 Å². The SMILES string of the molecule is COc1ccc(C)cc1Nc1nc2ccc(Oc3ccnc(CC(N)=O)c3)cc2[nH]1. The summed E-state index contributed by atoms with van der Waals surface area (Å²) in [6.07, 6.45) is 1.65. The number of aromatic nitrogens is 3. The van der Waals surface area contributed by atoms with E-state index in [9.17, 15) is 4.79 Å². The number of nitrogens with zero attached hydrogens (tertiary/aromatic N) is 2. The van der Waals surface area contributed by atoms with Crippen LogP contribution in [-0.4, -0.2) is 28.0 Å². The first kappa shape index (κ1) is 19.3. The Labute approximate surface area is 173 Å². The lowest BCUT2D eigenvalue weighted by atomic mass is 10.2. The number of benzene rings is 2. The van der Waals surface area contributed by atoms with E-state index in [4.69, 9.17) is 15.2 Å². The van der Waals surface area contributed by atoms with Gasteiger partial charge in [0.05, 0.1) is 35.9 Å². The monoisotopic (exact) mass is 403 g/mol. The second kappa shape index (κ2) is 8.12. The molecule has 0 aliphatic carbocycles. The number of ether oxygens (including phenoxy) is 2. The predicted octanol–water partition coefficient (Wildman–Crippen LogP) is 3.84. The number of amides is 1. The number of methoxy groups -OCH3 is 1. The Balaban J connectivity index is 1.56. The third kappa shape index (κ3) is 4.33. The Morgan fingerprint density at radius 2 is 1.97 bits per heavy atom. The van der Waals surface area contributed by atoms with Crippen LogP contribution < -0.4 is 20.5 Å². The van der Waals surface area contributed by atoms with Gasteiger partial charge in [-0.15, -0.1) is 0 Å². The molecule has 2 heterocycles. The van der Waals surface area contributed by atoms with Gasteiger partial charge >= 0.3 is 0 Å². The topological polar surface area (TPSA) is 115 Å². The van der Waals surface area contributed by atoms with Crippen LogP contribution in [-0.2, 0) is 11.2 Å². The lowest BCUT2D eigenvalue weighted by molar-refractivity contribution is -0.117. The molecular weight excluding hydrogens is 382 g/mol. The Bertz CT molecular complexity index is 1220. The number of rotatable bonds is 7. The van der Waals surface area contributed by atoms with Gasteiger partial charge in [-0.1, -0.05) is 6.07 Å². The molecule has 8 heteroatoms. The lowest BCUT2D eigenvalue weighted by Gasteiger charge is -2.09. The molecule has 152 valence electrons. The predicted molar refractivity (Wildman–Crippen MR) is 114 cm³/mol. The first-order valence-corrected chi connectivity index (χ1v) is 9.32. The molecule has 0 aliphatic heterocycles. The number of fused-ring (bicyclic) bond motifs is 1. The van der Waals surface area contributed by atoms with Gasteiger partial charge in [0.25, 0.3) is 0 Å². The van der Waals surface area contributed by atoms with Gasteiger partial charge in [0.15, 0.2) is 0 Å². The molecule has 1 amide bonds. The van der Waals surface area contributed by atoms with Gasteiger partial charge in [-0.05, 0) is 42.8 Å². The molecule has 0 bridgehead atoms. The molecule has 4 N–H and O–H groups in total. The summed E-state index contributed by atoms with van der Waals surface area (Å²) in [5.74, 6) is 2.09. The minimum absolute atomic E-state index is 0.0637. The van der Waals surface area contributed by atoms with E-state index in [1.807, 2.05) is 43.3 Å². The molecule has 0 atom stereocenters. The van der Waals surface area contributed by atoms with E-state index in [2.05, 4.69) is 20.3 Å². The Hall–Kier alpha value is -4.07. The summed E-state index contributed by atoms with van der Waals surface area (Å²) in [6, 6.07) is 14.9. The fourth-order valence-electron chi connectivity index (χ4n) is 3.09. The second-order valence-electron chi connectivity index (χ2n) is 6.82. The van der Waals surface area contributed by atoms with Crippen LogP contribution in [0.2, 0.25) is 0 Å². The molecule has 0 radical (unpaired) electrons. The Kier molecular flexibility index (Phi) is 5.21. The number of carbonyl (C=O) groups is 1. The van der Waals surface area contributed by atoms with Crippen molar-refractivity contribution in [1.29, 1.82) is 0 Å². The molecule has 0 saturated carbocycles. The lowest BCUT2D eigenvalue weighted by Crippen LogP contribution is -2.14. The van der Waals surface area contributed by atoms with E-state index >= 15 is 0 Å². The largest absolute Gasteiger partial charge is 0.495 e. The molecule has 8 nitrogen and oxygen atoms in total. The number of H-pyrrole nitrogens is 1. The third-order valence-electron chi connectivity index (χ3n) is 4.44. The molecule has 0 fully saturated rings. The van der Waals surface area contributed by atoms with Crippen LogP contribution >= 0.6 is 0 Å². The molecule has 0 aliphatic rings. The molecule has 0 saturated heterocycles. The van der Waals surface area contributed by atoms with E-state index in [1.165, 1.54) is 0 Å². The zero-order valence-corrected chi connectivity index (χ0v) is 16.6. The van der Waals surface area contributed by atoms with Crippen LogP contribution in [0.4, 0.5) is 11.6 Å². The molecule has 4 aromatic rings. The first-order valence-electron chi connectivity index (χ1n) is 9.32. The fourth-order valence-corrected chi connectivity index (χ4v) is 3.09. The molecule has 4 rings (SSSR count). The number of hydrogen-bond acceptors (Lipinski definition) is 6. The number of anilines is 2. The van der Waals surface area contributed by atoms with Crippen LogP contribution in [0.25, 0.3) is 11.0 Å².